The number of nitrogens with zero attached hydrogens (tertiary/aromatic N) is 1. The minimum atomic E-state index is -3.88. The van der Waals surface area contributed by atoms with Crippen molar-refractivity contribution in [1.29, 1.82) is 0 Å². The summed E-state index contributed by atoms with van der Waals surface area (Å²) in [5.41, 5.74) is 3.71. The highest BCUT2D eigenvalue weighted by molar-refractivity contribution is 7.89. The van der Waals surface area contributed by atoms with Gasteiger partial charge in [0, 0.05) is 17.8 Å². The molecule has 38 heavy (non-hydrogen) atoms. The van der Waals surface area contributed by atoms with Gasteiger partial charge in [-0.25, -0.2) is 13.2 Å². The number of hydrogen-bond donors (Lipinski definition) is 4. The molecule has 0 saturated carbocycles. The van der Waals surface area contributed by atoms with E-state index in [0.717, 1.165) is 5.56 Å². The lowest BCUT2D eigenvalue weighted by Crippen LogP contribution is -2.28. The average molecular weight is 537 g/mol. The van der Waals surface area contributed by atoms with Crippen LogP contribution in [0, 0.1) is 6.92 Å². The quantitative estimate of drug-likeness (QED) is 0.176. The Balaban J connectivity index is 1.68. The summed E-state index contributed by atoms with van der Waals surface area (Å²) in [5.74, 6) is -1.46. The van der Waals surface area contributed by atoms with Gasteiger partial charge in [0.25, 0.3) is 15.9 Å². The Kier molecular flexibility index (Phi) is 7.93. The van der Waals surface area contributed by atoms with Crippen LogP contribution in [0.3, 0.4) is 0 Å². The third-order valence-corrected chi connectivity index (χ3v) is 7.13. The summed E-state index contributed by atoms with van der Waals surface area (Å²) >= 11 is 0. The van der Waals surface area contributed by atoms with E-state index in [1.807, 2.05) is 49.3 Å². The molecule has 4 rings (SSSR count). The molecule has 0 atom stereocenters. The maximum absolute atomic E-state index is 13.1. The van der Waals surface area contributed by atoms with Crippen molar-refractivity contribution in [3.05, 3.63) is 89.0 Å². The van der Waals surface area contributed by atoms with Crippen LogP contribution in [0.1, 0.15) is 27.0 Å². The molecule has 0 radical (unpaired) electrons. The molecule has 0 spiro atoms. The Hall–Kier alpha value is -4.03. The summed E-state index contributed by atoms with van der Waals surface area (Å²) in [7, 11) is -0.174. The summed E-state index contributed by atoms with van der Waals surface area (Å²) in [6, 6.07) is 18.4. The van der Waals surface area contributed by atoms with Crippen molar-refractivity contribution >= 4 is 44.5 Å². The Bertz CT molecular complexity index is 1500. The predicted octanol–water partition coefficient (Wildman–Crippen LogP) is 3.40. The van der Waals surface area contributed by atoms with Gasteiger partial charge in [0.05, 0.1) is 34.0 Å². The van der Waals surface area contributed by atoms with Crippen molar-refractivity contribution in [2.75, 3.05) is 37.9 Å². The van der Waals surface area contributed by atoms with Crippen LogP contribution in [0.2, 0.25) is 0 Å². The second-order valence-electron chi connectivity index (χ2n) is 8.98. The summed E-state index contributed by atoms with van der Waals surface area (Å²) in [5, 5.41) is 15.5. The maximum atomic E-state index is 13.1. The first kappa shape index (κ1) is 27.0. The summed E-state index contributed by atoms with van der Waals surface area (Å²) < 4.78 is 25.1. The molecule has 11 heteroatoms. The Morgan fingerprint density at radius 3 is 2.37 bits per heavy atom. The molecule has 0 aromatic heterocycles. The Morgan fingerprint density at radius 1 is 1.05 bits per heavy atom. The molecular weight excluding hydrogens is 508 g/mol. The predicted molar refractivity (Wildman–Crippen MR) is 145 cm³/mol. The molecule has 1 aliphatic heterocycles. The summed E-state index contributed by atoms with van der Waals surface area (Å²) in [6.45, 7) is 2.42. The first-order valence-corrected chi connectivity index (χ1v) is 13.2. The minimum absolute atomic E-state index is 0.0163. The number of amides is 1. The van der Waals surface area contributed by atoms with Crippen molar-refractivity contribution in [3.8, 4) is 0 Å². The van der Waals surface area contributed by atoms with Crippen molar-refractivity contribution in [2.45, 2.75) is 11.8 Å². The van der Waals surface area contributed by atoms with Gasteiger partial charge >= 0.3 is 5.97 Å². The van der Waals surface area contributed by atoms with Crippen LogP contribution in [-0.4, -0.2) is 57.5 Å². The van der Waals surface area contributed by atoms with Crippen molar-refractivity contribution < 1.29 is 28.0 Å². The number of nitrogens with one attached hydrogen (secondary N) is 3. The first-order chi connectivity index (χ1) is 18.1. The topological polar surface area (TPSA) is 137 Å². The second kappa shape index (κ2) is 11.2. The Morgan fingerprint density at radius 2 is 1.74 bits per heavy atom. The van der Waals surface area contributed by atoms with Crippen LogP contribution in [0.4, 0.5) is 11.4 Å². The van der Waals surface area contributed by atoms with Gasteiger partial charge < -0.3 is 20.6 Å². The van der Waals surface area contributed by atoms with E-state index in [0.29, 0.717) is 40.3 Å². The zero-order chi connectivity index (χ0) is 27.4. The smallest absolute Gasteiger partial charge is 0.336 e. The van der Waals surface area contributed by atoms with E-state index in [-0.39, 0.29) is 23.0 Å². The maximum Gasteiger partial charge on any atom is 0.336 e. The van der Waals surface area contributed by atoms with Crippen LogP contribution in [0.25, 0.3) is 11.3 Å². The van der Waals surface area contributed by atoms with E-state index < -0.39 is 16.0 Å². The molecule has 10 nitrogen and oxygen atoms in total. The second-order valence-corrected chi connectivity index (χ2v) is 10.6. The largest absolute Gasteiger partial charge is 0.478 e. The molecule has 0 bridgehead atoms. The normalized spacial score (nSPS) is 14.3. The third-order valence-electron chi connectivity index (χ3n) is 5.90. The number of fused-ring (bicyclic) bond motifs is 1. The number of carboxylic acid groups (broad SMARTS) is 1. The standard InChI is InChI=1S/C27H28N4O6S/c1-17-15-22-23(16-21(17)27(33)34)29-26(32)24(22)25(18-7-5-4-6-8-18)28-19-9-11-20(12-10-19)38(35,36)30-37-14-13-31(2)3/h4-12,15-16,28,30H,13-14H2,1-3H3,(H,29,32)(H,33,34). The summed E-state index contributed by atoms with van der Waals surface area (Å²) in [6.07, 6.45) is 0. The van der Waals surface area contributed by atoms with Gasteiger partial charge in [-0.1, -0.05) is 35.2 Å². The van der Waals surface area contributed by atoms with Gasteiger partial charge in [-0.3, -0.25) is 9.63 Å². The van der Waals surface area contributed by atoms with Gasteiger partial charge in [0.15, 0.2) is 0 Å². The molecule has 1 heterocycles. The van der Waals surface area contributed by atoms with Crippen LogP contribution in [-0.2, 0) is 19.7 Å². The number of carbonyl (C=O) groups excluding carboxylic acids is 1. The number of aromatic carboxylic acids is 1. The van der Waals surface area contributed by atoms with Crippen LogP contribution in [0.15, 0.2) is 71.6 Å². The van der Waals surface area contributed by atoms with Gasteiger partial charge in [-0.15, -0.1) is 0 Å². The number of carbonyl (C=O) groups is 2. The van der Waals surface area contributed by atoms with Crippen molar-refractivity contribution in [3.63, 3.8) is 0 Å². The molecule has 1 aliphatic rings. The van der Waals surface area contributed by atoms with E-state index in [4.69, 9.17) is 4.84 Å². The molecule has 198 valence electrons. The lowest BCUT2D eigenvalue weighted by atomic mass is 9.96. The lowest BCUT2D eigenvalue weighted by molar-refractivity contribution is -0.110. The van der Waals surface area contributed by atoms with Crippen LogP contribution >= 0.6 is 0 Å². The molecule has 4 N–H and O–H groups in total. The molecule has 0 aliphatic carbocycles. The average Bonchev–Trinajstić information content (AvgIpc) is 3.19. The van der Waals surface area contributed by atoms with Crippen molar-refractivity contribution in [1.82, 2.24) is 9.79 Å². The molecule has 0 saturated heterocycles. The highest BCUT2D eigenvalue weighted by Crippen LogP contribution is 2.39. The molecular formula is C27H28N4O6S. The number of anilines is 2. The number of hydrogen-bond acceptors (Lipinski definition) is 7. The molecule has 3 aromatic rings. The number of sulfonamides is 1. The Labute approximate surface area is 220 Å². The number of likely N-dealkylation sites (N-methyl/N-ethyl adjacent to an activating group) is 1. The van der Waals surface area contributed by atoms with E-state index >= 15 is 0 Å². The summed E-state index contributed by atoms with van der Waals surface area (Å²) in [4.78, 5) is 33.8. The first-order valence-electron chi connectivity index (χ1n) is 11.7. The fourth-order valence-corrected chi connectivity index (χ4v) is 4.77. The molecule has 1 amide bonds. The lowest BCUT2D eigenvalue weighted by Gasteiger charge is -2.16. The monoisotopic (exact) mass is 536 g/mol. The molecule has 0 fully saturated rings. The van der Waals surface area contributed by atoms with Gasteiger partial charge in [0.2, 0.25) is 0 Å². The number of benzene rings is 3. The number of rotatable bonds is 10. The molecule has 3 aromatic carbocycles. The van der Waals surface area contributed by atoms with Crippen molar-refractivity contribution in [2.24, 2.45) is 0 Å². The van der Waals surface area contributed by atoms with Crippen LogP contribution < -0.4 is 15.5 Å². The minimum Gasteiger partial charge on any atom is -0.478 e. The van der Waals surface area contributed by atoms with E-state index in [9.17, 15) is 23.1 Å². The van der Waals surface area contributed by atoms with Gasteiger partial charge in [-0.2, -0.15) is 0 Å². The van der Waals surface area contributed by atoms with Gasteiger partial charge in [0.1, 0.15) is 0 Å². The number of aryl methyl sites for hydroxylation is 1. The number of carboxylic acids is 1. The molecule has 0 unspecified atom stereocenters. The van der Waals surface area contributed by atoms with E-state index in [1.165, 1.54) is 18.2 Å². The fourth-order valence-electron chi connectivity index (χ4n) is 3.95. The third kappa shape index (κ3) is 5.92. The zero-order valence-corrected chi connectivity index (χ0v) is 21.9. The van der Waals surface area contributed by atoms with E-state index in [1.54, 1.807) is 25.1 Å². The van der Waals surface area contributed by atoms with Gasteiger partial charge in [-0.05, 0) is 68.5 Å². The van der Waals surface area contributed by atoms with Crippen LogP contribution in [0.5, 0.6) is 0 Å². The van der Waals surface area contributed by atoms with E-state index in [2.05, 4.69) is 15.5 Å². The SMILES string of the molecule is Cc1cc2c(cc1C(=O)O)NC(=O)C2=C(Nc1ccc(S(=O)(=O)NOCCN(C)C)cc1)c1ccccc1. The highest BCUT2D eigenvalue weighted by Gasteiger charge is 2.30. The zero-order valence-electron chi connectivity index (χ0n) is 21.1. The fraction of sp³-hybridized carbons (Fsp3) is 0.185. The highest BCUT2D eigenvalue weighted by atomic mass is 32.2.